The molecular weight excluding hydrogens is 411 g/mol. The smallest absolute Gasteiger partial charge is 0.193 e. The summed E-state index contributed by atoms with van der Waals surface area (Å²) in [4.78, 5) is 6.84. The average Bonchev–Trinajstić information content (AvgIpc) is 2.95. The third-order valence-corrected chi connectivity index (χ3v) is 4.23. The maximum Gasteiger partial charge on any atom is 0.193 e. The maximum atomic E-state index is 4.45. The van der Waals surface area contributed by atoms with E-state index in [4.69, 9.17) is 0 Å². The van der Waals surface area contributed by atoms with Crippen LogP contribution in [0, 0.1) is 5.92 Å². The molecule has 1 heterocycles. The third kappa shape index (κ3) is 7.38. The zero-order valence-corrected chi connectivity index (χ0v) is 17.8. The monoisotopic (exact) mass is 444 g/mol. The molecule has 136 valence electrons. The van der Waals surface area contributed by atoms with Crippen molar-refractivity contribution >= 4 is 29.9 Å². The fourth-order valence-corrected chi connectivity index (χ4v) is 3.08. The molecule has 4 nitrogen and oxygen atoms in total. The molecule has 0 saturated carbocycles. The van der Waals surface area contributed by atoms with Crippen LogP contribution in [0.2, 0.25) is 0 Å². The van der Waals surface area contributed by atoms with Crippen molar-refractivity contribution in [1.82, 2.24) is 15.5 Å². The lowest BCUT2D eigenvalue weighted by Gasteiger charge is -2.24. The van der Waals surface area contributed by atoms with E-state index in [0.29, 0.717) is 0 Å². The number of benzene rings is 1. The lowest BCUT2D eigenvalue weighted by Crippen LogP contribution is -2.45. The van der Waals surface area contributed by atoms with Crippen molar-refractivity contribution in [3.8, 4) is 0 Å². The summed E-state index contributed by atoms with van der Waals surface area (Å²) < 4.78 is 0. The highest BCUT2D eigenvalue weighted by Crippen LogP contribution is 2.20. The highest BCUT2D eigenvalue weighted by molar-refractivity contribution is 14.0. The molecule has 2 rings (SSSR count). The van der Waals surface area contributed by atoms with Crippen LogP contribution in [-0.2, 0) is 6.42 Å². The van der Waals surface area contributed by atoms with Gasteiger partial charge in [0, 0.05) is 38.8 Å². The van der Waals surface area contributed by atoms with Crippen LogP contribution >= 0.6 is 24.0 Å². The molecule has 1 aromatic carbocycles. The Hall–Kier alpha value is -0.820. The van der Waals surface area contributed by atoms with E-state index in [1.54, 1.807) is 0 Å². The molecule has 0 spiro atoms. The molecular formula is C19H33IN4. The Labute approximate surface area is 164 Å². The van der Waals surface area contributed by atoms with Crippen LogP contribution in [0.3, 0.4) is 0 Å². The van der Waals surface area contributed by atoms with Crippen molar-refractivity contribution in [3.63, 3.8) is 0 Å². The first-order valence-electron chi connectivity index (χ1n) is 8.72. The minimum Gasteiger partial charge on any atom is -0.355 e. The Balaban J connectivity index is 0.00000288. The highest BCUT2D eigenvalue weighted by Gasteiger charge is 2.24. The van der Waals surface area contributed by atoms with E-state index in [2.05, 4.69) is 71.6 Å². The van der Waals surface area contributed by atoms with Crippen LogP contribution in [0.4, 0.5) is 0 Å². The quantitative estimate of drug-likeness (QED) is 0.317. The van der Waals surface area contributed by atoms with E-state index in [-0.39, 0.29) is 29.5 Å². The highest BCUT2D eigenvalue weighted by atomic mass is 127. The lowest BCUT2D eigenvalue weighted by molar-refractivity contribution is 0.420. The van der Waals surface area contributed by atoms with Gasteiger partial charge in [0.15, 0.2) is 5.96 Å². The van der Waals surface area contributed by atoms with E-state index < -0.39 is 0 Å². The summed E-state index contributed by atoms with van der Waals surface area (Å²) in [5.74, 6) is 1.76. The van der Waals surface area contributed by atoms with Gasteiger partial charge in [-0.25, -0.2) is 0 Å². The molecule has 5 heteroatoms. The van der Waals surface area contributed by atoms with Gasteiger partial charge in [-0.15, -0.1) is 24.0 Å². The van der Waals surface area contributed by atoms with Gasteiger partial charge < -0.3 is 15.5 Å². The van der Waals surface area contributed by atoms with Crippen LogP contribution in [-0.4, -0.2) is 49.6 Å². The number of nitrogens with zero attached hydrogens (tertiary/aromatic N) is 2. The first-order chi connectivity index (χ1) is 11.0. The van der Waals surface area contributed by atoms with Crippen molar-refractivity contribution in [2.75, 3.05) is 33.2 Å². The van der Waals surface area contributed by atoms with Gasteiger partial charge in [-0.05, 0) is 45.1 Å². The number of halogens is 1. The summed E-state index contributed by atoms with van der Waals surface area (Å²) in [6, 6.07) is 10.8. The van der Waals surface area contributed by atoms with Gasteiger partial charge in [-0.2, -0.15) is 0 Å². The molecule has 0 amide bonds. The first-order valence-corrected chi connectivity index (χ1v) is 8.72. The Morgan fingerprint density at radius 1 is 1.21 bits per heavy atom. The van der Waals surface area contributed by atoms with Gasteiger partial charge in [0.25, 0.3) is 0 Å². The largest absolute Gasteiger partial charge is 0.355 e. The predicted molar refractivity (Wildman–Crippen MR) is 114 cm³/mol. The Morgan fingerprint density at radius 3 is 2.54 bits per heavy atom. The Kier molecular flexibility index (Phi) is 9.05. The van der Waals surface area contributed by atoms with Crippen LogP contribution in [0.1, 0.15) is 32.8 Å². The van der Waals surface area contributed by atoms with E-state index >= 15 is 0 Å². The van der Waals surface area contributed by atoms with E-state index in [1.165, 1.54) is 18.4 Å². The second-order valence-corrected chi connectivity index (χ2v) is 7.44. The van der Waals surface area contributed by atoms with Crippen LogP contribution in [0.5, 0.6) is 0 Å². The van der Waals surface area contributed by atoms with E-state index in [9.17, 15) is 0 Å². The van der Waals surface area contributed by atoms with Crippen molar-refractivity contribution in [2.45, 2.75) is 39.2 Å². The predicted octanol–water partition coefficient (Wildman–Crippen LogP) is 3.13. The minimum absolute atomic E-state index is 0. The molecule has 1 unspecified atom stereocenters. The van der Waals surface area contributed by atoms with Crippen molar-refractivity contribution in [3.05, 3.63) is 35.9 Å². The number of aliphatic imine (C=N–C) groups is 1. The average molecular weight is 444 g/mol. The number of hydrogen-bond acceptors (Lipinski definition) is 2. The fraction of sp³-hybridized carbons (Fsp3) is 0.632. The van der Waals surface area contributed by atoms with Crippen molar-refractivity contribution < 1.29 is 0 Å². The normalized spacial score (nSPS) is 18.4. The standard InChI is InChI=1S/C19H32N4.HI/c1-19(2,3)22-12-11-21-18(20-4)23-13-10-17(15-23)14-16-8-6-5-7-9-16;/h5-9,17,22H,10-15H2,1-4H3,(H,20,21);1H. The number of rotatable bonds is 5. The number of hydrogen-bond donors (Lipinski definition) is 2. The number of likely N-dealkylation sites (tertiary alicyclic amines) is 1. The van der Waals surface area contributed by atoms with Crippen LogP contribution in [0.25, 0.3) is 0 Å². The maximum absolute atomic E-state index is 4.45. The fourth-order valence-electron chi connectivity index (χ4n) is 3.08. The lowest BCUT2D eigenvalue weighted by atomic mass is 9.99. The minimum atomic E-state index is 0. The second-order valence-electron chi connectivity index (χ2n) is 7.44. The first kappa shape index (κ1) is 21.2. The molecule has 0 radical (unpaired) electrons. The van der Waals surface area contributed by atoms with E-state index in [1.807, 2.05) is 7.05 Å². The van der Waals surface area contributed by atoms with Gasteiger partial charge in [0.05, 0.1) is 0 Å². The summed E-state index contributed by atoms with van der Waals surface area (Å²) in [7, 11) is 1.88. The summed E-state index contributed by atoms with van der Waals surface area (Å²) in [6.07, 6.45) is 2.41. The van der Waals surface area contributed by atoms with Crippen LogP contribution < -0.4 is 10.6 Å². The molecule has 1 saturated heterocycles. The van der Waals surface area contributed by atoms with Crippen molar-refractivity contribution in [1.29, 1.82) is 0 Å². The third-order valence-electron chi connectivity index (χ3n) is 4.23. The van der Waals surface area contributed by atoms with Gasteiger partial charge in [0.1, 0.15) is 0 Å². The molecule has 1 aliphatic heterocycles. The molecule has 0 aromatic heterocycles. The Bertz CT molecular complexity index is 496. The topological polar surface area (TPSA) is 39.7 Å². The summed E-state index contributed by atoms with van der Waals surface area (Å²) >= 11 is 0. The number of nitrogens with one attached hydrogen (secondary N) is 2. The van der Waals surface area contributed by atoms with Crippen LogP contribution in [0.15, 0.2) is 35.3 Å². The molecule has 1 fully saturated rings. The van der Waals surface area contributed by atoms with E-state index in [0.717, 1.165) is 38.1 Å². The Morgan fingerprint density at radius 2 is 1.92 bits per heavy atom. The number of guanidine groups is 1. The molecule has 2 N–H and O–H groups in total. The summed E-state index contributed by atoms with van der Waals surface area (Å²) in [5.41, 5.74) is 1.61. The molecule has 24 heavy (non-hydrogen) atoms. The summed E-state index contributed by atoms with van der Waals surface area (Å²) in [6.45, 7) is 10.6. The van der Waals surface area contributed by atoms with Gasteiger partial charge >= 0.3 is 0 Å². The molecule has 1 aliphatic rings. The van der Waals surface area contributed by atoms with Gasteiger partial charge in [-0.1, -0.05) is 30.3 Å². The second kappa shape index (κ2) is 10.2. The van der Waals surface area contributed by atoms with Gasteiger partial charge in [-0.3, -0.25) is 4.99 Å². The zero-order chi connectivity index (χ0) is 16.7. The summed E-state index contributed by atoms with van der Waals surface area (Å²) in [5, 5.41) is 6.98. The SMILES string of the molecule is CN=C(NCCNC(C)(C)C)N1CCC(Cc2ccccc2)C1.I. The zero-order valence-electron chi connectivity index (χ0n) is 15.5. The molecule has 1 atom stereocenters. The molecule has 1 aromatic rings. The molecule has 0 aliphatic carbocycles. The van der Waals surface area contributed by atoms with Gasteiger partial charge in [0.2, 0.25) is 0 Å². The van der Waals surface area contributed by atoms with Crippen molar-refractivity contribution in [2.24, 2.45) is 10.9 Å². The molecule has 0 bridgehead atoms.